The number of amides is 1. The molecule has 2 aromatic heterocycles. The fourth-order valence-electron chi connectivity index (χ4n) is 2.34. The molecule has 0 spiro atoms. The highest BCUT2D eigenvalue weighted by Gasteiger charge is 2.38. The predicted octanol–water partition coefficient (Wildman–Crippen LogP) is 3.47. The first-order valence-electron chi connectivity index (χ1n) is 8.10. The van der Waals surface area contributed by atoms with Crippen molar-refractivity contribution in [2.75, 3.05) is 5.32 Å². The molecule has 0 aliphatic rings. The molecule has 2 heterocycles. The second-order valence-electron chi connectivity index (χ2n) is 5.80. The van der Waals surface area contributed by atoms with E-state index in [2.05, 4.69) is 20.5 Å². The number of aryl methyl sites for hydroxylation is 2. The van der Waals surface area contributed by atoms with Gasteiger partial charge in [-0.15, -0.1) is 0 Å². The number of anilines is 1. The van der Waals surface area contributed by atoms with Crippen molar-refractivity contribution >= 4 is 28.5 Å². The van der Waals surface area contributed by atoms with Crippen molar-refractivity contribution in [1.82, 2.24) is 15.2 Å². The maximum Gasteiger partial charge on any atom is 0.490 e. The molecule has 3 aromatic rings. The fourth-order valence-corrected chi connectivity index (χ4v) is 2.34. The summed E-state index contributed by atoms with van der Waals surface area (Å²) in [5.41, 5.74) is 2.08. The number of carboxylic acids is 1. The minimum atomic E-state index is -5.08. The predicted molar refractivity (Wildman–Crippen MR) is 95.7 cm³/mol. The van der Waals surface area contributed by atoms with Gasteiger partial charge in [0.2, 0.25) is 5.91 Å². The van der Waals surface area contributed by atoms with Crippen molar-refractivity contribution in [1.29, 1.82) is 0 Å². The largest absolute Gasteiger partial charge is 0.490 e. The number of aliphatic carboxylic acids is 1. The molecule has 0 aliphatic heterocycles. The molecule has 3 N–H and O–H groups in total. The summed E-state index contributed by atoms with van der Waals surface area (Å²) in [5, 5.41) is 19.0. The molecule has 0 fully saturated rings. The lowest BCUT2D eigenvalue weighted by Crippen LogP contribution is -2.21. The third-order valence-electron chi connectivity index (χ3n) is 3.61. The van der Waals surface area contributed by atoms with Crippen molar-refractivity contribution in [2.45, 2.75) is 25.9 Å². The van der Waals surface area contributed by atoms with E-state index in [1.54, 1.807) is 6.20 Å². The summed E-state index contributed by atoms with van der Waals surface area (Å²) in [5.74, 6) is -2.22. The lowest BCUT2D eigenvalue weighted by Gasteiger charge is -2.06. The Kier molecular flexibility index (Phi) is 6.69. The normalized spacial score (nSPS) is 10.9. The van der Waals surface area contributed by atoms with Crippen LogP contribution in [0.15, 0.2) is 42.7 Å². The molecule has 3 rings (SSSR count). The van der Waals surface area contributed by atoms with Crippen molar-refractivity contribution < 1.29 is 27.9 Å². The third-order valence-corrected chi connectivity index (χ3v) is 3.61. The molecule has 0 saturated carbocycles. The maximum absolute atomic E-state index is 12.0. The maximum atomic E-state index is 12.0. The molecule has 28 heavy (non-hydrogen) atoms. The number of carbonyl (C=O) groups is 2. The van der Waals surface area contributed by atoms with E-state index in [9.17, 15) is 18.0 Å². The molecule has 0 saturated heterocycles. The zero-order chi connectivity index (χ0) is 20.7. The third kappa shape index (κ3) is 6.08. The molecule has 0 atom stereocenters. The van der Waals surface area contributed by atoms with Gasteiger partial charge in [-0.25, -0.2) is 4.79 Å². The summed E-state index contributed by atoms with van der Waals surface area (Å²) in [7, 11) is 0. The number of benzene rings is 1. The van der Waals surface area contributed by atoms with Crippen LogP contribution in [0.1, 0.15) is 17.7 Å². The van der Waals surface area contributed by atoms with Crippen LogP contribution in [0.3, 0.4) is 0 Å². The Hall–Kier alpha value is -3.43. The van der Waals surface area contributed by atoms with Crippen molar-refractivity contribution in [3.8, 4) is 0 Å². The summed E-state index contributed by atoms with van der Waals surface area (Å²) in [4.78, 5) is 25.0. The smallest absolute Gasteiger partial charge is 0.475 e. The molecule has 0 bridgehead atoms. The van der Waals surface area contributed by atoms with Crippen LogP contribution in [0.25, 0.3) is 10.8 Å². The van der Waals surface area contributed by atoms with Gasteiger partial charge in [-0.2, -0.15) is 18.3 Å². The Labute approximate surface area is 157 Å². The zero-order valence-corrected chi connectivity index (χ0v) is 14.7. The minimum absolute atomic E-state index is 0.0347. The Morgan fingerprint density at radius 1 is 1.25 bits per heavy atom. The molecule has 148 valence electrons. The number of carbonyl (C=O) groups excluding carboxylic acids is 1. The van der Waals surface area contributed by atoms with Crippen LogP contribution in [-0.4, -0.2) is 38.3 Å². The van der Waals surface area contributed by atoms with E-state index in [0.717, 1.165) is 22.0 Å². The van der Waals surface area contributed by atoms with Gasteiger partial charge in [-0.3, -0.25) is 14.9 Å². The molecule has 0 radical (unpaired) electrons. The van der Waals surface area contributed by atoms with Crippen LogP contribution in [0.5, 0.6) is 0 Å². The monoisotopic (exact) mass is 394 g/mol. The SMILES string of the molecule is Cc1cc(NC(=O)CCc2cccc3cnccc23)n[nH]1.O=C(O)C(F)(F)F. The van der Waals surface area contributed by atoms with Gasteiger partial charge in [0.25, 0.3) is 0 Å². The standard InChI is InChI=1S/C16H16N4O.C2HF3O2/c1-11-9-15(20-19-11)18-16(21)6-5-12-3-2-4-13-10-17-8-7-14(12)13;3-2(4,5)1(6)7/h2-4,7-10H,5-6H2,1H3,(H2,18,19,20,21);(H,6,7). The Bertz CT molecular complexity index is 965. The average molecular weight is 394 g/mol. The molecular formula is C18H17F3N4O3. The fraction of sp³-hybridized carbons (Fsp3) is 0.222. The highest BCUT2D eigenvalue weighted by molar-refractivity contribution is 5.91. The van der Waals surface area contributed by atoms with Crippen molar-refractivity contribution in [3.63, 3.8) is 0 Å². The second kappa shape index (κ2) is 8.98. The van der Waals surface area contributed by atoms with Gasteiger partial charge in [0, 0.05) is 36.0 Å². The number of aromatic amines is 1. The summed E-state index contributed by atoms with van der Waals surface area (Å²) < 4.78 is 31.7. The number of alkyl halides is 3. The Morgan fingerprint density at radius 3 is 2.57 bits per heavy atom. The first kappa shape index (κ1) is 20.9. The van der Waals surface area contributed by atoms with Crippen molar-refractivity contribution in [2.24, 2.45) is 0 Å². The summed E-state index contributed by atoms with van der Waals surface area (Å²) in [6.45, 7) is 1.90. The van der Waals surface area contributed by atoms with E-state index >= 15 is 0 Å². The van der Waals surface area contributed by atoms with Gasteiger partial charge < -0.3 is 10.4 Å². The summed E-state index contributed by atoms with van der Waals surface area (Å²) >= 11 is 0. The second-order valence-corrected chi connectivity index (χ2v) is 5.80. The molecule has 1 aromatic carbocycles. The number of hydrogen-bond acceptors (Lipinski definition) is 4. The first-order valence-corrected chi connectivity index (χ1v) is 8.10. The average Bonchev–Trinajstić information content (AvgIpc) is 3.04. The lowest BCUT2D eigenvalue weighted by molar-refractivity contribution is -0.192. The number of nitrogens with one attached hydrogen (secondary N) is 2. The molecule has 1 amide bonds. The van der Waals surface area contributed by atoms with Gasteiger partial charge in [0.05, 0.1) is 0 Å². The van der Waals surface area contributed by atoms with Gasteiger partial charge in [0.15, 0.2) is 5.82 Å². The number of fused-ring (bicyclic) bond motifs is 1. The quantitative estimate of drug-likeness (QED) is 0.628. The molecule has 7 nitrogen and oxygen atoms in total. The first-order chi connectivity index (χ1) is 13.2. The number of carboxylic acid groups (broad SMARTS) is 1. The number of rotatable bonds is 4. The van der Waals surface area contributed by atoms with Crippen LogP contribution in [0.2, 0.25) is 0 Å². The Balaban J connectivity index is 0.000000345. The highest BCUT2D eigenvalue weighted by Crippen LogP contribution is 2.19. The number of aromatic nitrogens is 3. The van der Waals surface area contributed by atoms with Crippen LogP contribution in [0.4, 0.5) is 19.0 Å². The van der Waals surface area contributed by atoms with Crippen molar-refractivity contribution in [3.05, 3.63) is 54.0 Å². The number of hydrogen-bond donors (Lipinski definition) is 3. The van der Waals surface area contributed by atoms with E-state index < -0.39 is 12.1 Å². The van der Waals surface area contributed by atoms with Gasteiger partial charge in [-0.1, -0.05) is 18.2 Å². The van der Waals surface area contributed by atoms with E-state index in [4.69, 9.17) is 9.90 Å². The molecule has 10 heteroatoms. The van der Waals surface area contributed by atoms with Crippen LogP contribution in [0, 0.1) is 6.92 Å². The summed E-state index contributed by atoms with van der Waals surface area (Å²) in [6.07, 6.45) is -0.353. The molecule has 0 unspecified atom stereocenters. The number of H-pyrrole nitrogens is 1. The van der Waals surface area contributed by atoms with E-state index in [0.29, 0.717) is 18.7 Å². The topological polar surface area (TPSA) is 108 Å². The number of halogens is 3. The molecule has 0 aliphatic carbocycles. The van der Waals surface area contributed by atoms with E-state index in [-0.39, 0.29) is 5.91 Å². The minimum Gasteiger partial charge on any atom is -0.475 e. The zero-order valence-electron chi connectivity index (χ0n) is 14.7. The number of pyridine rings is 1. The molecular weight excluding hydrogens is 377 g/mol. The number of nitrogens with zero attached hydrogens (tertiary/aromatic N) is 2. The highest BCUT2D eigenvalue weighted by atomic mass is 19.4. The van der Waals surface area contributed by atoms with Crippen LogP contribution in [-0.2, 0) is 16.0 Å². The van der Waals surface area contributed by atoms with Gasteiger partial charge in [-0.05, 0) is 30.4 Å². The van der Waals surface area contributed by atoms with Crippen LogP contribution < -0.4 is 5.32 Å². The lowest BCUT2D eigenvalue weighted by atomic mass is 10.0. The van der Waals surface area contributed by atoms with Crippen LogP contribution >= 0.6 is 0 Å². The summed E-state index contributed by atoms with van der Waals surface area (Å²) in [6, 6.07) is 9.86. The van der Waals surface area contributed by atoms with E-state index in [1.165, 1.54) is 0 Å². The van der Waals surface area contributed by atoms with Gasteiger partial charge in [0.1, 0.15) is 0 Å². The van der Waals surface area contributed by atoms with E-state index in [1.807, 2.05) is 43.5 Å². The Morgan fingerprint density at radius 2 is 1.96 bits per heavy atom. The van der Waals surface area contributed by atoms with Gasteiger partial charge >= 0.3 is 12.1 Å².